The summed E-state index contributed by atoms with van der Waals surface area (Å²) in [6, 6.07) is 0. The van der Waals surface area contributed by atoms with Gasteiger partial charge in [0.1, 0.15) is 0 Å². The Balaban J connectivity index is 0. The molecule has 0 spiro atoms. The van der Waals surface area contributed by atoms with Gasteiger partial charge in [-0.3, -0.25) is 4.79 Å². The van der Waals surface area contributed by atoms with Gasteiger partial charge in [0, 0.05) is 13.6 Å². The normalized spacial score (nSPS) is 11.3. The molecule has 0 atom stereocenters. The Morgan fingerprint density at radius 2 is 1.94 bits per heavy atom. The maximum atomic E-state index is 11.4. The van der Waals surface area contributed by atoms with Crippen LogP contribution in [0, 0.1) is 0 Å². The van der Waals surface area contributed by atoms with E-state index in [0.717, 1.165) is 25.7 Å². The van der Waals surface area contributed by atoms with Crippen LogP contribution in [-0.2, 0) is 14.9 Å². The number of allylic oxidation sites excluding steroid dienone is 1. The Morgan fingerprint density at radius 1 is 1.33 bits per heavy atom. The minimum absolute atomic E-state index is 0. The Bertz CT molecular complexity index is 354. The van der Waals surface area contributed by atoms with Gasteiger partial charge in [0.25, 0.3) is 0 Å². The van der Waals surface area contributed by atoms with Crippen LogP contribution in [0.5, 0.6) is 0 Å². The van der Waals surface area contributed by atoms with Gasteiger partial charge in [-0.2, -0.15) is 0 Å². The molecule has 1 amide bonds. The van der Waals surface area contributed by atoms with Crippen molar-refractivity contribution in [3.05, 3.63) is 12.2 Å². The largest absolute Gasteiger partial charge is 1.00 e. The quantitative estimate of drug-likeness (QED) is 0.228. The molecule has 0 aromatic rings. The van der Waals surface area contributed by atoms with E-state index in [1.807, 2.05) is 0 Å². The van der Waals surface area contributed by atoms with E-state index in [-0.39, 0.29) is 63.8 Å². The van der Waals surface area contributed by atoms with Gasteiger partial charge in [0.15, 0.2) is 0 Å². The second kappa shape index (κ2) is 11.6. The Kier molecular flexibility index (Phi) is 13.5. The summed E-state index contributed by atoms with van der Waals surface area (Å²) in [5, 5.41) is 0. The molecule has 0 aromatic heterocycles. The zero-order valence-corrected chi connectivity index (χ0v) is 15.3. The molecule has 0 bridgehead atoms. The molecule has 0 aromatic carbocycles. The summed E-state index contributed by atoms with van der Waals surface area (Å²) in [6.45, 7) is 2.04. The van der Waals surface area contributed by atoms with Crippen LogP contribution in [0.1, 0.15) is 32.6 Å². The first-order chi connectivity index (χ1) is 7.87. The molecule has 0 saturated heterocycles. The van der Waals surface area contributed by atoms with Crippen molar-refractivity contribution in [3.63, 3.8) is 0 Å². The predicted octanol–water partition coefficient (Wildman–Crippen LogP) is -1.87. The first kappa shape index (κ1) is 21.1. The van der Waals surface area contributed by atoms with E-state index in [9.17, 15) is 17.8 Å². The number of nitrogens with zero attached hydrogens (tertiary/aromatic N) is 1. The zero-order chi connectivity index (χ0) is 13.3. The summed E-state index contributed by atoms with van der Waals surface area (Å²) in [7, 11) is -2.78. The van der Waals surface area contributed by atoms with Crippen molar-refractivity contribution in [2.24, 2.45) is 0 Å². The number of carbonyl (C=O) groups is 1. The first-order valence-electron chi connectivity index (χ1n) is 5.72. The van der Waals surface area contributed by atoms with Crippen LogP contribution in [0.4, 0.5) is 0 Å². The van der Waals surface area contributed by atoms with Gasteiger partial charge in [0.2, 0.25) is 5.91 Å². The minimum atomic E-state index is -4.25. The molecule has 0 fully saturated rings. The van der Waals surface area contributed by atoms with Gasteiger partial charge in [-0.25, -0.2) is 8.42 Å². The van der Waals surface area contributed by atoms with Crippen molar-refractivity contribution in [1.82, 2.24) is 4.90 Å². The van der Waals surface area contributed by atoms with Crippen LogP contribution in [0.15, 0.2) is 12.2 Å². The van der Waals surface area contributed by atoms with Crippen LogP contribution in [0.2, 0.25) is 0 Å². The summed E-state index contributed by atoms with van der Waals surface area (Å²) < 4.78 is 31.1. The molecule has 100 valence electrons. The summed E-state index contributed by atoms with van der Waals surface area (Å²) in [4.78, 5) is 12.7. The van der Waals surface area contributed by atoms with E-state index in [1.54, 1.807) is 6.08 Å². The molecule has 0 heterocycles. The van der Waals surface area contributed by atoms with Crippen molar-refractivity contribution >= 4 is 16.0 Å². The summed E-state index contributed by atoms with van der Waals surface area (Å²) >= 11 is 0. The van der Waals surface area contributed by atoms with Gasteiger partial charge >= 0.3 is 51.4 Å². The Morgan fingerprint density at radius 3 is 2.44 bits per heavy atom. The molecular formula is C11H20KNO4S. The van der Waals surface area contributed by atoms with Crippen molar-refractivity contribution in [2.45, 2.75) is 32.6 Å². The minimum Gasteiger partial charge on any atom is -0.748 e. The van der Waals surface area contributed by atoms with Crippen LogP contribution in [0.3, 0.4) is 0 Å². The second-order valence-electron chi connectivity index (χ2n) is 3.92. The molecule has 0 radical (unpaired) electrons. The number of hydrogen-bond donors (Lipinski definition) is 0. The number of likely N-dealkylation sites (N-methyl/N-ethyl adjacent to an activating group) is 1. The maximum Gasteiger partial charge on any atom is 1.00 e. The van der Waals surface area contributed by atoms with Crippen LogP contribution in [-0.4, -0.2) is 43.1 Å². The van der Waals surface area contributed by atoms with E-state index < -0.39 is 15.9 Å². The molecule has 0 rings (SSSR count). The standard InChI is InChI=1S/C11H21NO4S.K/c1-3-4-5-6-7-8-11(13)12(2)9-10-17(14,15)16;/h7-8H,3-6,9-10H2,1-2H3,(H,14,15,16);/q;+1/p-1/b8-7+;. The van der Waals surface area contributed by atoms with Gasteiger partial charge in [0.05, 0.1) is 15.9 Å². The van der Waals surface area contributed by atoms with Crippen LogP contribution < -0.4 is 51.4 Å². The SMILES string of the molecule is CCCCC/C=C/C(=O)N(C)CCS(=O)(=O)[O-].[K+]. The van der Waals surface area contributed by atoms with Gasteiger partial charge in [-0.05, 0) is 18.9 Å². The van der Waals surface area contributed by atoms with E-state index in [2.05, 4.69) is 6.92 Å². The summed E-state index contributed by atoms with van der Waals surface area (Å²) in [5.41, 5.74) is 0. The molecule has 5 nitrogen and oxygen atoms in total. The van der Waals surface area contributed by atoms with E-state index in [1.165, 1.54) is 18.0 Å². The number of unbranched alkanes of at least 4 members (excludes halogenated alkanes) is 3. The molecule has 18 heavy (non-hydrogen) atoms. The third-order valence-electron chi connectivity index (χ3n) is 2.29. The molecule has 0 aliphatic heterocycles. The van der Waals surface area contributed by atoms with Crippen molar-refractivity contribution < 1.29 is 69.1 Å². The maximum absolute atomic E-state index is 11.4. The van der Waals surface area contributed by atoms with E-state index >= 15 is 0 Å². The van der Waals surface area contributed by atoms with Crippen molar-refractivity contribution in [1.29, 1.82) is 0 Å². The average molecular weight is 301 g/mol. The van der Waals surface area contributed by atoms with Crippen molar-refractivity contribution in [3.8, 4) is 0 Å². The number of hydrogen-bond acceptors (Lipinski definition) is 4. The smallest absolute Gasteiger partial charge is 0.748 e. The fourth-order valence-corrected chi connectivity index (χ4v) is 1.68. The second-order valence-corrected chi connectivity index (χ2v) is 5.44. The topological polar surface area (TPSA) is 77.5 Å². The van der Waals surface area contributed by atoms with Gasteiger partial charge < -0.3 is 9.45 Å². The Hall–Kier alpha value is 0.756. The molecular weight excluding hydrogens is 281 g/mol. The zero-order valence-electron chi connectivity index (χ0n) is 11.4. The third kappa shape index (κ3) is 13.2. The van der Waals surface area contributed by atoms with Crippen molar-refractivity contribution in [2.75, 3.05) is 19.3 Å². The van der Waals surface area contributed by atoms with Crippen LogP contribution in [0.25, 0.3) is 0 Å². The molecule has 0 aliphatic carbocycles. The third-order valence-corrected chi connectivity index (χ3v) is 2.97. The monoisotopic (exact) mass is 301 g/mol. The summed E-state index contributed by atoms with van der Waals surface area (Å²) in [5.74, 6) is -0.816. The Labute approximate surface area is 152 Å². The number of amides is 1. The van der Waals surface area contributed by atoms with E-state index in [0.29, 0.717) is 0 Å². The van der Waals surface area contributed by atoms with Crippen LogP contribution >= 0.6 is 0 Å². The first-order valence-corrected chi connectivity index (χ1v) is 7.29. The van der Waals surface area contributed by atoms with Gasteiger partial charge in [-0.15, -0.1) is 0 Å². The molecule has 0 aliphatic rings. The molecule has 0 unspecified atom stereocenters. The molecule has 7 heteroatoms. The number of rotatable bonds is 8. The molecule has 0 saturated carbocycles. The predicted molar refractivity (Wildman–Crippen MR) is 65.5 cm³/mol. The number of carbonyl (C=O) groups excluding carboxylic acids is 1. The summed E-state index contributed by atoms with van der Waals surface area (Å²) in [6.07, 6.45) is 7.34. The van der Waals surface area contributed by atoms with Gasteiger partial charge in [-0.1, -0.05) is 25.8 Å². The fourth-order valence-electron chi connectivity index (χ4n) is 1.18. The van der Waals surface area contributed by atoms with E-state index in [4.69, 9.17) is 0 Å². The molecule has 0 N–H and O–H groups in total. The fraction of sp³-hybridized carbons (Fsp3) is 0.727. The average Bonchev–Trinajstić information content (AvgIpc) is 2.24.